The van der Waals surface area contributed by atoms with Gasteiger partial charge in [-0.25, -0.2) is 0 Å². The van der Waals surface area contributed by atoms with E-state index in [1.165, 1.54) is 16.9 Å². The Hall–Kier alpha value is -2.99. The summed E-state index contributed by atoms with van der Waals surface area (Å²) in [6, 6.07) is 12.3. The van der Waals surface area contributed by atoms with E-state index in [0.717, 1.165) is 17.7 Å². The van der Waals surface area contributed by atoms with Gasteiger partial charge >= 0.3 is 6.18 Å². The maximum atomic E-state index is 12.7. The van der Waals surface area contributed by atoms with E-state index in [9.17, 15) is 18.4 Å². The third-order valence-electron chi connectivity index (χ3n) is 4.15. The lowest BCUT2D eigenvalue weighted by Gasteiger charge is -2.24. The van der Waals surface area contributed by atoms with Gasteiger partial charge in [0.1, 0.15) is 21.6 Å². The summed E-state index contributed by atoms with van der Waals surface area (Å²) < 4.78 is 38.1. The van der Waals surface area contributed by atoms with E-state index >= 15 is 0 Å². The molecule has 0 aliphatic carbocycles. The van der Waals surface area contributed by atoms with Crippen LogP contribution in [0.3, 0.4) is 0 Å². The Morgan fingerprint density at radius 1 is 1.14 bits per heavy atom. The minimum atomic E-state index is -4.42. The van der Waals surface area contributed by atoms with Gasteiger partial charge in [0.25, 0.3) is 0 Å². The monoisotopic (exact) mass is 403 g/mol. The second-order valence-corrected chi connectivity index (χ2v) is 7.10. The van der Waals surface area contributed by atoms with Gasteiger partial charge in [-0.05, 0) is 43.7 Å². The molecule has 2 aromatic carbocycles. The molecule has 0 aliphatic heterocycles. The van der Waals surface area contributed by atoms with Crippen LogP contribution >= 0.6 is 12.2 Å². The van der Waals surface area contributed by atoms with E-state index in [4.69, 9.17) is 12.2 Å². The number of thiocarbonyl (C=S) groups is 1. The first kappa shape index (κ1) is 19.8. The summed E-state index contributed by atoms with van der Waals surface area (Å²) in [6.45, 7) is 3.68. The third-order valence-corrected chi connectivity index (χ3v) is 4.48. The van der Waals surface area contributed by atoms with Crippen LogP contribution in [0.4, 0.5) is 13.2 Å². The number of hydrogen-bond donors (Lipinski definition) is 1. The normalized spacial score (nSPS) is 13.7. The highest BCUT2D eigenvalue weighted by Crippen LogP contribution is 2.29. The molecule has 5 nitrogen and oxygen atoms in total. The van der Waals surface area contributed by atoms with Gasteiger partial charge in [0.15, 0.2) is 0 Å². The van der Waals surface area contributed by atoms with E-state index in [1.807, 2.05) is 25.1 Å². The molecule has 3 rings (SSSR count). The molecule has 9 heteroatoms. The summed E-state index contributed by atoms with van der Waals surface area (Å²) in [6.07, 6.45) is -4.42. The molecule has 0 saturated carbocycles. The lowest BCUT2D eigenvalue weighted by molar-refractivity contribution is -0.137. The molecule has 0 aliphatic rings. The second kappa shape index (κ2) is 7.20. The molecule has 1 heterocycles. The molecule has 0 radical (unpaired) electrons. The number of nitrogens with zero attached hydrogens (tertiary/aromatic N) is 4. The smallest absolute Gasteiger partial charge is 0.357 e. The van der Waals surface area contributed by atoms with Crippen molar-refractivity contribution in [3.63, 3.8) is 0 Å². The highest BCUT2D eigenvalue weighted by molar-refractivity contribution is 7.80. The summed E-state index contributed by atoms with van der Waals surface area (Å²) in [4.78, 5) is 1.58. The molecule has 1 unspecified atom stereocenters. The van der Waals surface area contributed by atoms with Crippen LogP contribution in [0.1, 0.15) is 23.6 Å². The van der Waals surface area contributed by atoms with Crippen LogP contribution in [-0.2, 0) is 12.7 Å². The Kier molecular flexibility index (Phi) is 5.08. The molecule has 0 spiro atoms. The maximum absolute atomic E-state index is 12.7. The zero-order valence-corrected chi connectivity index (χ0v) is 15.9. The fourth-order valence-electron chi connectivity index (χ4n) is 2.66. The molecule has 1 aromatic heterocycles. The van der Waals surface area contributed by atoms with Crippen molar-refractivity contribution in [2.24, 2.45) is 0 Å². The fourth-order valence-corrected chi connectivity index (χ4v) is 3.02. The first-order valence-corrected chi connectivity index (χ1v) is 8.73. The topological polar surface area (TPSA) is 66.5 Å². The fraction of sp³-hybridized carbons (Fsp3) is 0.263. The van der Waals surface area contributed by atoms with Gasteiger partial charge in [0, 0.05) is 5.56 Å². The first-order valence-electron chi connectivity index (χ1n) is 8.32. The summed E-state index contributed by atoms with van der Waals surface area (Å²) in [7, 11) is 0. The van der Waals surface area contributed by atoms with Crippen LogP contribution in [0.25, 0.3) is 11.0 Å². The molecular weight excluding hydrogens is 387 g/mol. The number of benzene rings is 2. The van der Waals surface area contributed by atoms with E-state index in [2.05, 4.69) is 21.6 Å². The minimum absolute atomic E-state index is 0.109. The van der Waals surface area contributed by atoms with E-state index < -0.39 is 17.3 Å². The molecule has 1 atom stereocenters. The number of aryl methyl sites for hydroxylation is 1. The average Bonchev–Trinajstić information content (AvgIpc) is 3.01. The quantitative estimate of drug-likeness (QED) is 0.667. The molecular formula is C19H16F3N5S. The van der Waals surface area contributed by atoms with Crippen molar-refractivity contribution < 1.29 is 13.2 Å². The summed E-state index contributed by atoms with van der Waals surface area (Å²) >= 11 is 5.28. The van der Waals surface area contributed by atoms with E-state index in [0.29, 0.717) is 16.6 Å². The number of aromatic nitrogens is 3. The second-order valence-electron chi connectivity index (χ2n) is 6.70. The molecule has 0 amide bonds. The van der Waals surface area contributed by atoms with E-state index in [1.54, 1.807) is 6.92 Å². The van der Waals surface area contributed by atoms with Gasteiger partial charge < -0.3 is 5.32 Å². The lowest BCUT2D eigenvalue weighted by Crippen LogP contribution is -2.48. The molecule has 144 valence electrons. The number of fused-ring (bicyclic) bond motifs is 1. The van der Waals surface area contributed by atoms with Crippen molar-refractivity contribution in [1.29, 1.82) is 5.26 Å². The number of nitrogens with one attached hydrogen (secondary N) is 1. The van der Waals surface area contributed by atoms with Crippen LogP contribution in [-0.4, -0.2) is 25.5 Å². The Bertz CT molecular complexity index is 1070. The van der Waals surface area contributed by atoms with Gasteiger partial charge in [0.05, 0.1) is 18.2 Å². The summed E-state index contributed by atoms with van der Waals surface area (Å²) in [5.74, 6) is 0. The van der Waals surface area contributed by atoms with Crippen LogP contribution in [0.15, 0.2) is 42.5 Å². The van der Waals surface area contributed by atoms with Gasteiger partial charge in [-0.3, -0.25) is 0 Å². The highest BCUT2D eigenvalue weighted by Gasteiger charge is 2.31. The molecule has 3 aromatic rings. The van der Waals surface area contributed by atoms with Crippen molar-refractivity contribution in [3.05, 3.63) is 59.2 Å². The number of rotatable bonds is 4. The van der Waals surface area contributed by atoms with Crippen LogP contribution in [0.2, 0.25) is 0 Å². The van der Waals surface area contributed by atoms with Gasteiger partial charge in [-0.2, -0.15) is 33.4 Å². The molecule has 0 bridgehead atoms. The molecule has 0 saturated heterocycles. The van der Waals surface area contributed by atoms with Gasteiger partial charge in [-0.15, -0.1) is 0 Å². The van der Waals surface area contributed by atoms with Crippen LogP contribution < -0.4 is 5.32 Å². The van der Waals surface area contributed by atoms with Gasteiger partial charge in [0.2, 0.25) is 0 Å². The predicted octanol–water partition coefficient (Wildman–Crippen LogP) is 4.01. The van der Waals surface area contributed by atoms with Crippen molar-refractivity contribution in [2.45, 2.75) is 32.1 Å². The van der Waals surface area contributed by atoms with Crippen LogP contribution in [0.5, 0.6) is 0 Å². The van der Waals surface area contributed by atoms with Crippen molar-refractivity contribution in [2.75, 3.05) is 0 Å². The maximum Gasteiger partial charge on any atom is 0.416 e. The number of halogens is 3. The largest absolute Gasteiger partial charge is 0.416 e. The Morgan fingerprint density at radius 2 is 1.79 bits per heavy atom. The van der Waals surface area contributed by atoms with E-state index in [-0.39, 0.29) is 11.5 Å². The average molecular weight is 403 g/mol. The zero-order valence-electron chi connectivity index (χ0n) is 15.1. The highest BCUT2D eigenvalue weighted by atomic mass is 32.1. The number of alkyl halides is 3. The Morgan fingerprint density at radius 3 is 2.39 bits per heavy atom. The van der Waals surface area contributed by atoms with Crippen molar-refractivity contribution in [1.82, 2.24) is 20.3 Å². The van der Waals surface area contributed by atoms with Crippen LogP contribution in [0, 0.1) is 18.3 Å². The Balaban J connectivity index is 1.77. The number of nitriles is 1. The Labute approximate surface area is 164 Å². The summed E-state index contributed by atoms with van der Waals surface area (Å²) in [5.41, 5.74) is 0.943. The lowest BCUT2D eigenvalue weighted by atomic mass is 10.0. The minimum Gasteiger partial charge on any atom is -0.357 e. The SMILES string of the molecule is Cc1ccc2nn(CC(C)(C#N)NC(=S)c3ccc(C(F)(F)F)cc3)nc2c1. The first-order chi connectivity index (χ1) is 13.1. The van der Waals surface area contributed by atoms with Gasteiger partial charge in [-0.1, -0.05) is 30.4 Å². The third kappa shape index (κ3) is 4.28. The molecule has 1 N–H and O–H groups in total. The number of hydrogen-bond acceptors (Lipinski definition) is 4. The van der Waals surface area contributed by atoms with Crippen molar-refractivity contribution in [3.8, 4) is 6.07 Å². The predicted molar refractivity (Wildman–Crippen MR) is 103 cm³/mol. The molecule has 28 heavy (non-hydrogen) atoms. The zero-order chi connectivity index (χ0) is 20.5. The molecule has 0 fully saturated rings. The standard InChI is InChI=1S/C19H16F3N5S/c1-12-3-8-15-16(9-12)26-27(25-15)11-18(2,10-23)24-17(28)13-4-6-14(7-5-13)19(20,21)22/h3-9H,11H2,1-2H3,(H,24,28). The summed E-state index contributed by atoms with van der Waals surface area (Å²) in [5, 5.41) is 21.3. The van der Waals surface area contributed by atoms with Crippen molar-refractivity contribution >= 4 is 28.2 Å².